The van der Waals surface area contributed by atoms with Crippen molar-refractivity contribution in [1.82, 2.24) is 14.9 Å². The zero-order valence-corrected chi connectivity index (χ0v) is 16.0. The van der Waals surface area contributed by atoms with E-state index in [1.807, 2.05) is 38.1 Å². The van der Waals surface area contributed by atoms with E-state index in [2.05, 4.69) is 10.3 Å². The van der Waals surface area contributed by atoms with Crippen molar-refractivity contribution in [3.8, 4) is 5.75 Å². The number of amides is 1. The number of ether oxygens (including phenoxy) is 1. The van der Waals surface area contributed by atoms with Gasteiger partial charge in [-0.15, -0.1) is 0 Å². The molecule has 1 aliphatic rings. The number of nitrogens with zero attached hydrogens (tertiary/aromatic N) is 2. The Morgan fingerprint density at radius 2 is 2.19 bits per heavy atom. The molecule has 1 N–H and O–H groups in total. The molecule has 0 fully saturated rings. The Morgan fingerprint density at radius 3 is 2.92 bits per heavy atom. The summed E-state index contributed by atoms with van der Waals surface area (Å²) in [6.07, 6.45) is 0.262. The summed E-state index contributed by atoms with van der Waals surface area (Å²) < 4.78 is 6.95. The number of carbonyl (C=O) groups excluding carboxylic acids is 1. The van der Waals surface area contributed by atoms with Gasteiger partial charge in [-0.3, -0.25) is 14.2 Å². The molecule has 7 heteroatoms. The van der Waals surface area contributed by atoms with E-state index < -0.39 is 0 Å². The molecule has 1 unspecified atom stereocenters. The predicted molar refractivity (Wildman–Crippen MR) is 102 cm³/mol. The topological polar surface area (TPSA) is 73.2 Å². The number of carbonyl (C=O) groups is 1. The van der Waals surface area contributed by atoms with Gasteiger partial charge in [-0.05, 0) is 12.0 Å². The summed E-state index contributed by atoms with van der Waals surface area (Å²) in [5.74, 6) is 1.55. The highest BCUT2D eigenvalue weighted by Gasteiger charge is 2.28. The van der Waals surface area contributed by atoms with E-state index in [0.717, 1.165) is 17.0 Å². The number of benzene rings is 1. The lowest BCUT2D eigenvalue weighted by atomic mass is 10.1. The van der Waals surface area contributed by atoms with Crippen LogP contribution in [0.2, 0.25) is 0 Å². The summed E-state index contributed by atoms with van der Waals surface area (Å²) in [6.45, 7) is 4.43. The minimum Gasteiger partial charge on any atom is -0.496 e. The molecule has 1 aromatic heterocycles. The number of methoxy groups -OCH3 is 1. The van der Waals surface area contributed by atoms with Gasteiger partial charge in [0, 0.05) is 30.3 Å². The molecule has 6 nitrogen and oxygen atoms in total. The van der Waals surface area contributed by atoms with Crippen LogP contribution in [-0.4, -0.2) is 28.3 Å². The predicted octanol–water partition coefficient (Wildman–Crippen LogP) is 2.73. The number of hydrogen-bond donors (Lipinski definition) is 1. The van der Waals surface area contributed by atoms with Crippen LogP contribution >= 0.6 is 11.8 Å². The minimum absolute atomic E-state index is 0.0776. The quantitative estimate of drug-likeness (QED) is 0.788. The largest absolute Gasteiger partial charge is 0.496 e. The molecule has 2 aromatic rings. The zero-order valence-electron chi connectivity index (χ0n) is 15.2. The summed E-state index contributed by atoms with van der Waals surface area (Å²) in [4.78, 5) is 29.4. The second-order valence-electron chi connectivity index (χ2n) is 6.58. The molecule has 0 radical (unpaired) electrons. The third-order valence-corrected chi connectivity index (χ3v) is 5.49. The van der Waals surface area contributed by atoms with Crippen LogP contribution in [0.5, 0.6) is 5.75 Å². The lowest BCUT2D eigenvalue weighted by Crippen LogP contribution is -2.30. The van der Waals surface area contributed by atoms with Crippen LogP contribution in [0.4, 0.5) is 0 Å². The van der Waals surface area contributed by atoms with Crippen molar-refractivity contribution in [2.75, 3.05) is 12.9 Å². The lowest BCUT2D eigenvalue weighted by molar-refractivity contribution is -0.121. The Balaban J connectivity index is 1.66. The number of rotatable bonds is 6. The number of fused-ring (bicyclic) bond motifs is 1. The fourth-order valence-corrected chi connectivity index (χ4v) is 4.10. The monoisotopic (exact) mass is 373 g/mol. The van der Waals surface area contributed by atoms with Crippen LogP contribution in [0.15, 0.2) is 40.3 Å². The fourth-order valence-electron chi connectivity index (χ4n) is 2.95. The van der Waals surface area contributed by atoms with Gasteiger partial charge in [0.2, 0.25) is 5.91 Å². The molecule has 1 aromatic carbocycles. The number of thioether (sulfide) groups is 1. The van der Waals surface area contributed by atoms with E-state index in [1.165, 1.54) is 11.8 Å². The lowest BCUT2D eigenvalue weighted by Gasteiger charge is -2.15. The van der Waals surface area contributed by atoms with Crippen molar-refractivity contribution in [2.24, 2.45) is 0 Å². The fraction of sp³-hybridized carbons (Fsp3) is 0.421. The van der Waals surface area contributed by atoms with Crippen molar-refractivity contribution in [3.05, 3.63) is 51.9 Å². The van der Waals surface area contributed by atoms with Gasteiger partial charge >= 0.3 is 0 Å². The van der Waals surface area contributed by atoms with Gasteiger partial charge in [0.05, 0.1) is 18.8 Å². The average Bonchev–Trinajstić information content (AvgIpc) is 3.03. The first-order valence-corrected chi connectivity index (χ1v) is 9.63. The molecule has 3 rings (SSSR count). The van der Waals surface area contributed by atoms with Crippen LogP contribution in [0.3, 0.4) is 0 Å². The molecule has 1 amide bonds. The Morgan fingerprint density at radius 1 is 1.42 bits per heavy atom. The third-order valence-electron chi connectivity index (χ3n) is 4.39. The van der Waals surface area contributed by atoms with Gasteiger partial charge in [0.15, 0.2) is 5.16 Å². The van der Waals surface area contributed by atoms with Crippen molar-refractivity contribution in [2.45, 2.75) is 43.9 Å². The molecule has 1 aliphatic heterocycles. The zero-order chi connectivity index (χ0) is 18.7. The summed E-state index contributed by atoms with van der Waals surface area (Å²) in [5.41, 5.74) is 1.64. The SMILES string of the molecule is COc1ccccc1CNC(=O)CC1CSc2nc(C(C)C)cc(=O)n21. The first-order valence-electron chi connectivity index (χ1n) is 8.64. The summed E-state index contributed by atoms with van der Waals surface area (Å²) in [5, 5.41) is 3.63. The maximum absolute atomic E-state index is 12.5. The van der Waals surface area contributed by atoms with Gasteiger partial charge in [-0.25, -0.2) is 4.98 Å². The van der Waals surface area contributed by atoms with E-state index in [9.17, 15) is 9.59 Å². The molecule has 1 atom stereocenters. The number of nitrogens with one attached hydrogen (secondary N) is 1. The van der Waals surface area contributed by atoms with E-state index >= 15 is 0 Å². The molecule has 0 spiro atoms. The molecule has 0 aliphatic carbocycles. The number of hydrogen-bond acceptors (Lipinski definition) is 5. The van der Waals surface area contributed by atoms with E-state index in [0.29, 0.717) is 17.5 Å². The van der Waals surface area contributed by atoms with Gasteiger partial charge in [0.1, 0.15) is 5.75 Å². The molecule has 26 heavy (non-hydrogen) atoms. The molecule has 2 heterocycles. The standard InChI is InChI=1S/C19H23N3O3S/c1-12(2)15-9-18(24)22-14(11-26-19(22)21-15)8-17(23)20-10-13-6-4-5-7-16(13)25-3/h4-7,9,12,14H,8,10-11H2,1-3H3,(H,20,23). The maximum atomic E-state index is 12.5. The van der Waals surface area contributed by atoms with Crippen molar-refractivity contribution >= 4 is 17.7 Å². The Hall–Kier alpha value is -2.28. The second-order valence-corrected chi connectivity index (χ2v) is 7.57. The highest BCUT2D eigenvalue weighted by molar-refractivity contribution is 7.99. The van der Waals surface area contributed by atoms with Gasteiger partial charge in [-0.1, -0.05) is 43.8 Å². The first kappa shape index (κ1) is 18.5. The van der Waals surface area contributed by atoms with Crippen molar-refractivity contribution in [1.29, 1.82) is 0 Å². The smallest absolute Gasteiger partial charge is 0.254 e. The normalized spacial score (nSPS) is 15.8. The highest BCUT2D eigenvalue weighted by atomic mass is 32.2. The number of para-hydroxylation sites is 1. The number of aromatic nitrogens is 2. The van der Waals surface area contributed by atoms with E-state index in [1.54, 1.807) is 17.7 Å². The first-order chi connectivity index (χ1) is 12.5. The van der Waals surface area contributed by atoms with Crippen molar-refractivity contribution < 1.29 is 9.53 Å². The Bertz CT molecular complexity index is 863. The minimum atomic E-state index is -0.158. The highest BCUT2D eigenvalue weighted by Crippen LogP contribution is 2.32. The van der Waals surface area contributed by atoms with Crippen LogP contribution in [-0.2, 0) is 11.3 Å². The van der Waals surface area contributed by atoms with Gasteiger partial charge in [0.25, 0.3) is 5.56 Å². The second kappa shape index (κ2) is 7.95. The third kappa shape index (κ3) is 3.93. The van der Waals surface area contributed by atoms with Crippen LogP contribution in [0, 0.1) is 0 Å². The molecule has 138 valence electrons. The summed E-state index contributed by atoms with van der Waals surface area (Å²) in [6, 6.07) is 9.01. The van der Waals surface area contributed by atoms with Crippen LogP contribution < -0.4 is 15.6 Å². The summed E-state index contributed by atoms with van der Waals surface area (Å²) >= 11 is 1.54. The van der Waals surface area contributed by atoms with Crippen LogP contribution in [0.1, 0.15) is 43.5 Å². The molecule has 0 saturated heterocycles. The van der Waals surface area contributed by atoms with Gasteiger partial charge in [-0.2, -0.15) is 0 Å². The average molecular weight is 373 g/mol. The molecule has 0 saturated carbocycles. The van der Waals surface area contributed by atoms with E-state index in [-0.39, 0.29) is 29.8 Å². The molecule has 0 bridgehead atoms. The molecular formula is C19H23N3O3S. The Labute approximate surface area is 157 Å². The molecular weight excluding hydrogens is 350 g/mol. The van der Waals surface area contributed by atoms with Crippen LogP contribution in [0.25, 0.3) is 0 Å². The van der Waals surface area contributed by atoms with E-state index in [4.69, 9.17) is 4.74 Å². The maximum Gasteiger partial charge on any atom is 0.254 e. The summed E-state index contributed by atoms with van der Waals surface area (Å²) in [7, 11) is 1.61. The van der Waals surface area contributed by atoms with Crippen molar-refractivity contribution in [3.63, 3.8) is 0 Å². The van der Waals surface area contributed by atoms with Gasteiger partial charge < -0.3 is 10.1 Å². The Kier molecular flexibility index (Phi) is 5.66.